The second kappa shape index (κ2) is 7.68. The molecule has 25 heavy (non-hydrogen) atoms. The van der Waals surface area contributed by atoms with Crippen molar-refractivity contribution in [2.45, 2.75) is 13.1 Å². The number of carbonyl (C=O) groups excluding carboxylic acids is 1. The van der Waals surface area contributed by atoms with E-state index in [1.54, 1.807) is 41.7 Å². The van der Waals surface area contributed by atoms with Gasteiger partial charge in [0.25, 0.3) is 5.91 Å². The van der Waals surface area contributed by atoms with Crippen molar-refractivity contribution in [3.63, 3.8) is 0 Å². The predicted octanol–water partition coefficient (Wildman–Crippen LogP) is 5.03. The molecule has 3 rings (SSSR count). The van der Waals surface area contributed by atoms with Gasteiger partial charge in [0.15, 0.2) is 5.75 Å². The number of halogens is 2. The summed E-state index contributed by atoms with van der Waals surface area (Å²) in [5, 5.41) is 0.545. The lowest BCUT2D eigenvalue weighted by atomic mass is 10.1. The summed E-state index contributed by atoms with van der Waals surface area (Å²) in [7, 11) is 1.47. The van der Waals surface area contributed by atoms with Crippen LogP contribution in [0.1, 0.15) is 21.9 Å². The van der Waals surface area contributed by atoms with Gasteiger partial charge in [-0.25, -0.2) is 0 Å². The number of amides is 1. The van der Waals surface area contributed by atoms with Gasteiger partial charge in [0.1, 0.15) is 11.5 Å². The molecule has 2 aromatic heterocycles. The van der Waals surface area contributed by atoms with Crippen LogP contribution >= 0.6 is 23.2 Å². The molecule has 0 bridgehead atoms. The van der Waals surface area contributed by atoms with Gasteiger partial charge in [-0.3, -0.25) is 4.79 Å². The zero-order chi connectivity index (χ0) is 17.8. The van der Waals surface area contributed by atoms with Crippen molar-refractivity contribution in [1.82, 2.24) is 4.90 Å². The summed E-state index contributed by atoms with van der Waals surface area (Å²) < 4.78 is 15.8. The first-order chi connectivity index (χ1) is 12.1. The van der Waals surface area contributed by atoms with Crippen molar-refractivity contribution in [2.75, 3.05) is 7.11 Å². The molecule has 130 valence electrons. The molecule has 3 aromatic rings. The predicted molar refractivity (Wildman–Crippen MR) is 94.0 cm³/mol. The van der Waals surface area contributed by atoms with Gasteiger partial charge in [-0.05, 0) is 36.4 Å². The van der Waals surface area contributed by atoms with E-state index < -0.39 is 0 Å². The Hall–Kier alpha value is -2.37. The molecule has 0 saturated carbocycles. The normalized spacial score (nSPS) is 10.7. The largest absolute Gasteiger partial charge is 0.494 e. The Morgan fingerprint density at radius 3 is 1.96 bits per heavy atom. The number of furan rings is 2. The van der Waals surface area contributed by atoms with E-state index in [4.69, 9.17) is 36.8 Å². The van der Waals surface area contributed by atoms with Gasteiger partial charge >= 0.3 is 0 Å². The van der Waals surface area contributed by atoms with E-state index in [9.17, 15) is 4.79 Å². The topological polar surface area (TPSA) is 55.8 Å². The number of ether oxygens (including phenoxy) is 1. The summed E-state index contributed by atoms with van der Waals surface area (Å²) in [5.41, 5.74) is 0.355. The molecule has 0 aliphatic heterocycles. The van der Waals surface area contributed by atoms with E-state index in [0.717, 1.165) is 0 Å². The molecule has 0 aliphatic carbocycles. The molecule has 1 amide bonds. The number of hydrogen-bond donors (Lipinski definition) is 0. The fourth-order valence-corrected chi connectivity index (χ4v) is 3.08. The van der Waals surface area contributed by atoms with E-state index >= 15 is 0 Å². The fourth-order valence-electron chi connectivity index (χ4n) is 2.44. The molecule has 0 aliphatic rings. The van der Waals surface area contributed by atoms with E-state index in [1.807, 2.05) is 0 Å². The smallest absolute Gasteiger partial charge is 0.254 e. The third-order valence-electron chi connectivity index (χ3n) is 3.59. The van der Waals surface area contributed by atoms with Crippen LogP contribution in [-0.4, -0.2) is 17.9 Å². The highest BCUT2D eigenvalue weighted by molar-refractivity contribution is 6.37. The number of carbonyl (C=O) groups is 1. The highest BCUT2D eigenvalue weighted by Gasteiger charge is 2.21. The van der Waals surface area contributed by atoms with E-state index in [2.05, 4.69) is 0 Å². The summed E-state index contributed by atoms with van der Waals surface area (Å²) in [5.74, 6) is 1.40. The molecule has 1 aromatic carbocycles. The highest BCUT2D eigenvalue weighted by Crippen LogP contribution is 2.34. The number of hydrogen-bond acceptors (Lipinski definition) is 4. The first kappa shape index (κ1) is 17.5. The molecular formula is C18H15Cl2NO4. The van der Waals surface area contributed by atoms with Crippen LogP contribution in [-0.2, 0) is 13.1 Å². The van der Waals surface area contributed by atoms with Crippen molar-refractivity contribution in [1.29, 1.82) is 0 Å². The minimum atomic E-state index is -0.251. The molecular weight excluding hydrogens is 365 g/mol. The van der Waals surface area contributed by atoms with Crippen LogP contribution in [0, 0.1) is 0 Å². The monoisotopic (exact) mass is 379 g/mol. The minimum Gasteiger partial charge on any atom is -0.494 e. The zero-order valence-electron chi connectivity index (χ0n) is 13.4. The summed E-state index contributed by atoms with van der Waals surface area (Å²) in [6, 6.07) is 10.2. The standard InChI is InChI=1S/C18H15Cl2NO4/c1-23-17-15(19)8-12(9-16(17)20)18(22)21(10-13-4-2-6-24-13)11-14-5-3-7-25-14/h2-9H,10-11H2,1H3. The van der Waals surface area contributed by atoms with Crippen molar-refractivity contribution in [3.05, 3.63) is 76.1 Å². The lowest BCUT2D eigenvalue weighted by molar-refractivity contribution is 0.0705. The fraction of sp³-hybridized carbons (Fsp3) is 0.167. The second-order valence-electron chi connectivity index (χ2n) is 5.29. The lowest BCUT2D eigenvalue weighted by Crippen LogP contribution is -2.29. The summed E-state index contributed by atoms with van der Waals surface area (Å²) in [4.78, 5) is 14.6. The minimum absolute atomic E-state index is 0.251. The maximum Gasteiger partial charge on any atom is 0.254 e. The zero-order valence-corrected chi connectivity index (χ0v) is 14.9. The average Bonchev–Trinajstić information content (AvgIpc) is 3.27. The van der Waals surface area contributed by atoms with E-state index in [0.29, 0.717) is 22.8 Å². The first-order valence-electron chi connectivity index (χ1n) is 7.45. The second-order valence-corrected chi connectivity index (χ2v) is 6.11. The highest BCUT2D eigenvalue weighted by atomic mass is 35.5. The Balaban J connectivity index is 1.90. The van der Waals surface area contributed by atoms with Crippen molar-refractivity contribution >= 4 is 29.1 Å². The summed E-state index contributed by atoms with van der Waals surface area (Å²) in [6.07, 6.45) is 3.12. The van der Waals surface area contributed by atoms with Gasteiger partial charge in [-0.15, -0.1) is 0 Å². The lowest BCUT2D eigenvalue weighted by Gasteiger charge is -2.21. The molecule has 0 saturated heterocycles. The summed E-state index contributed by atoms with van der Waals surface area (Å²) in [6.45, 7) is 0.571. The van der Waals surface area contributed by atoms with Crippen LogP contribution in [0.3, 0.4) is 0 Å². The first-order valence-corrected chi connectivity index (χ1v) is 8.21. The molecule has 2 heterocycles. The van der Waals surface area contributed by atoms with Crippen LogP contribution in [0.5, 0.6) is 5.75 Å². The quantitative estimate of drug-likeness (QED) is 0.602. The van der Waals surface area contributed by atoms with Gasteiger partial charge in [0.2, 0.25) is 0 Å². The molecule has 7 heteroatoms. The molecule has 0 fully saturated rings. The summed E-state index contributed by atoms with van der Waals surface area (Å²) >= 11 is 12.3. The van der Waals surface area contributed by atoms with Gasteiger partial charge in [0, 0.05) is 5.56 Å². The molecule has 0 radical (unpaired) electrons. The number of methoxy groups -OCH3 is 1. The van der Waals surface area contributed by atoms with Gasteiger partial charge < -0.3 is 18.5 Å². The van der Waals surface area contributed by atoms with Gasteiger partial charge in [-0.2, -0.15) is 0 Å². The molecule has 0 unspecified atom stereocenters. The Bertz CT molecular complexity index is 785. The Labute approximate surface area is 154 Å². The molecule has 0 atom stereocenters. The average molecular weight is 380 g/mol. The number of nitrogens with zero attached hydrogens (tertiary/aromatic N) is 1. The van der Waals surface area contributed by atoms with Crippen LogP contribution in [0.15, 0.2) is 57.8 Å². The van der Waals surface area contributed by atoms with Crippen LogP contribution < -0.4 is 4.74 Å². The van der Waals surface area contributed by atoms with Gasteiger partial charge in [-0.1, -0.05) is 23.2 Å². The van der Waals surface area contributed by atoms with Crippen LogP contribution in [0.25, 0.3) is 0 Å². The van der Waals surface area contributed by atoms with E-state index in [-0.39, 0.29) is 29.0 Å². The van der Waals surface area contributed by atoms with Crippen molar-refractivity contribution in [2.24, 2.45) is 0 Å². The Kier molecular flexibility index (Phi) is 5.36. The SMILES string of the molecule is COc1c(Cl)cc(C(=O)N(Cc2ccco2)Cc2ccco2)cc1Cl. The van der Waals surface area contributed by atoms with Crippen LogP contribution in [0.4, 0.5) is 0 Å². The van der Waals surface area contributed by atoms with Crippen LogP contribution in [0.2, 0.25) is 10.0 Å². The Morgan fingerprint density at radius 1 is 1.04 bits per heavy atom. The Morgan fingerprint density at radius 2 is 1.56 bits per heavy atom. The molecule has 0 N–H and O–H groups in total. The maximum atomic E-state index is 13.0. The van der Waals surface area contributed by atoms with Gasteiger partial charge in [0.05, 0.1) is 42.8 Å². The number of rotatable bonds is 6. The third-order valence-corrected chi connectivity index (χ3v) is 4.15. The molecule has 0 spiro atoms. The van der Waals surface area contributed by atoms with Crippen molar-refractivity contribution < 1.29 is 18.4 Å². The molecule has 5 nitrogen and oxygen atoms in total. The number of benzene rings is 1. The van der Waals surface area contributed by atoms with Crippen molar-refractivity contribution in [3.8, 4) is 5.75 Å². The maximum absolute atomic E-state index is 13.0. The third kappa shape index (κ3) is 4.00. The van der Waals surface area contributed by atoms with E-state index in [1.165, 1.54) is 19.2 Å².